The van der Waals surface area contributed by atoms with E-state index in [9.17, 15) is 14.7 Å². The minimum atomic E-state index is -0.336. The number of rotatable bonds is 5. The summed E-state index contributed by atoms with van der Waals surface area (Å²) in [6.45, 7) is 4.36. The molecule has 4 heterocycles. The molecule has 10 nitrogen and oxygen atoms in total. The fraction of sp³-hybridized carbons (Fsp3) is 0.519. The maximum atomic E-state index is 13.0. The Bertz CT molecular complexity index is 1160. The van der Waals surface area contributed by atoms with E-state index in [0.29, 0.717) is 62.0 Å². The summed E-state index contributed by atoms with van der Waals surface area (Å²) in [4.78, 5) is 36.5. The lowest BCUT2D eigenvalue weighted by Crippen LogP contribution is -2.56. The third kappa shape index (κ3) is 4.95. The fourth-order valence-electron chi connectivity index (χ4n) is 5.43. The summed E-state index contributed by atoms with van der Waals surface area (Å²) in [5, 5.41) is 13.1. The number of carbonyl (C=O) groups excluding carboxylic acids is 2. The second-order valence-corrected chi connectivity index (χ2v) is 9.93. The van der Waals surface area contributed by atoms with Crippen LogP contribution in [-0.2, 0) is 9.53 Å². The summed E-state index contributed by atoms with van der Waals surface area (Å²) in [5.74, 6) is 1.89. The van der Waals surface area contributed by atoms with E-state index in [1.807, 2.05) is 25.1 Å². The van der Waals surface area contributed by atoms with Gasteiger partial charge in [-0.05, 0) is 62.9 Å². The van der Waals surface area contributed by atoms with Gasteiger partial charge in [0.2, 0.25) is 5.91 Å². The molecule has 2 aromatic rings. The zero-order chi connectivity index (χ0) is 26.1. The smallest absolute Gasteiger partial charge is 0.253 e. The van der Waals surface area contributed by atoms with E-state index >= 15 is 0 Å². The van der Waals surface area contributed by atoms with Crippen LogP contribution in [0.2, 0.25) is 0 Å². The van der Waals surface area contributed by atoms with Gasteiger partial charge in [0.25, 0.3) is 5.91 Å². The van der Waals surface area contributed by atoms with Crippen molar-refractivity contribution in [1.82, 2.24) is 9.88 Å². The van der Waals surface area contributed by atoms with Gasteiger partial charge in [-0.25, -0.2) is 4.98 Å². The number of carbonyl (C=O) groups is 2. The predicted octanol–water partition coefficient (Wildman–Crippen LogP) is 2.78. The molecule has 2 N–H and O–H groups in total. The van der Waals surface area contributed by atoms with Crippen LogP contribution in [0.15, 0.2) is 30.3 Å². The van der Waals surface area contributed by atoms with Crippen molar-refractivity contribution >= 4 is 34.8 Å². The number of likely N-dealkylation sites (N-methyl/N-ethyl adjacent to an activating group) is 1. The number of hydrogen-bond donors (Lipinski definition) is 2. The van der Waals surface area contributed by atoms with E-state index in [1.54, 1.807) is 36.1 Å². The first kappa shape index (κ1) is 25.3. The SMILES string of the molecule is COc1cc(C(=O)N2CCC(O)CC2)ccc1Nc1ccc2c(n1)N(C1CCOCC1)[C@H](C)C(=O)N2C. The molecule has 2 fully saturated rings. The number of methoxy groups -OCH3 is 1. The molecule has 37 heavy (non-hydrogen) atoms. The van der Waals surface area contributed by atoms with Gasteiger partial charge in [-0.2, -0.15) is 0 Å². The van der Waals surface area contributed by atoms with Gasteiger partial charge < -0.3 is 34.6 Å². The number of aromatic nitrogens is 1. The van der Waals surface area contributed by atoms with Gasteiger partial charge >= 0.3 is 0 Å². The van der Waals surface area contributed by atoms with Crippen molar-refractivity contribution in [2.24, 2.45) is 0 Å². The molecule has 0 radical (unpaired) electrons. The zero-order valence-corrected chi connectivity index (χ0v) is 21.6. The highest BCUT2D eigenvalue weighted by Gasteiger charge is 2.39. The molecule has 5 rings (SSSR count). The van der Waals surface area contributed by atoms with Gasteiger partial charge in [0.15, 0.2) is 5.82 Å². The molecular weight excluding hydrogens is 474 g/mol. The van der Waals surface area contributed by atoms with Crippen LogP contribution in [0.3, 0.4) is 0 Å². The number of anilines is 4. The molecule has 0 bridgehead atoms. The number of aliphatic hydroxyl groups excluding tert-OH is 1. The van der Waals surface area contributed by atoms with Crippen molar-refractivity contribution in [3.8, 4) is 5.75 Å². The van der Waals surface area contributed by atoms with Crippen LogP contribution >= 0.6 is 0 Å². The lowest BCUT2D eigenvalue weighted by molar-refractivity contribution is -0.119. The molecule has 3 aliphatic rings. The van der Waals surface area contributed by atoms with Crippen LogP contribution in [-0.4, -0.2) is 85.5 Å². The standard InChI is InChI=1S/C27H35N5O5/c1-17-26(34)30(2)22-6-7-24(29-25(22)32(17)19-10-14-37-15-11-19)28-21-5-4-18(16-23(21)36-3)27(35)31-12-8-20(33)9-13-31/h4-7,16-17,19-20,33H,8-15H2,1-3H3,(H,28,29)/t17-/m1/s1. The molecule has 0 unspecified atom stereocenters. The summed E-state index contributed by atoms with van der Waals surface area (Å²) < 4.78 is 11.2. The Morgan fingerprint density at radius 2 is 1.86 bits per heavy atom. The minimum absolute atomic E-state index is 0.0478. The van der Waals surface area contributed by atoms with E-state index in [0.717, 1.165) is 24.3 Å². The van der Waals surface area contributed by atoms with Crippen LogP contribution in [0.1, 0.15) is 43.0 Å². The molecule has 2 saturated heterocycles. The van der Waals surface area contributed by atoms with Gasteiger partial charge in [-0.1, -0.05) is 0 Å². The van der Waals surface area contributed by atoms with E-state index in [2.05, 4.69) is 10.2 Å². The second-order valence-electron chi connectivity index (χ2n) is 9.93. The first-order chi connectivity index (χ1) is 17.9. The van der Waals surface area contributed by atoms with Gasteiger partial charge in [0.1, 0.15) is 17.6 Å². The summed E-state index contributed by atoms with van der Waals surface area (Å²) in [6.07, 6.45) is 2.55. The molecule has 0 aliphatic carbocycles. The number of amides is 2. The third-order valence-electron chi connectivity index (χ3n) is 7.61. The van der Waals surface area contributed by atoms with Crippen molar-refractivity contribution in [3.05, 3.63) is 35.9 Å². The number of fused-ring (bicyclic) bond motifs is 1. The topological polar surface area (TPSA) is 107 Å². The first-order valence-electron chi connectivity index (χ1n) is 12.9. The number of hydrogen-bond acceptors (Lipinski definition) is 8. The first-order valence-corrected chi connectivity index (χ1v) is 12.9. The number of aliphatic hydroxyl groups is 1. The maximum Gasteiger partial charge on any atom is 0.253 e. The molecule has 10 heteroatoms. The Hall–Kier alpha value is -3.37. The largest absolute Gasteiger partial charge is 0.495 e. The van der Waals surface area contributed by atoms with Gasteiger partial charge in [-0.15, -0.1) is 0 Å². The molecule has 1 aromatic carbocycles. The van der Waals surface area contributed by atoms with E-state index in [4.69, 9.17) is 14.5 Å². The molecule has 0 spiro atoms. The lowest BCUT2D eigenvalue weighted by atomic mass is 10.0. The van der Waals surface area contributed by atoms with Crippen LogP contribution in [0, 0.1) is 0 Å². The molecule has 1 atom stereocenters. The fourth-order valence-corrected chi connectivity index (χ4v) is 5.43. The monoisotopic (exact) mass is 509 g/mol. The molecule has 2 amide bonds. The number of nitrogens with zero attached hydrogens (tertiary/aromatic N) is 4. The van der Waals surface area contributed by atoms with Gasteiger partial charge in [0, 0.05) is 45.0 Å². The molecule has 1 aromatic heterocycles. The number of pyridine rings is 1. The minimum Gasteiger partial charge on any atom is -0.495 e. The Labute approximate surface area is 217 Å². The third-order valence-corrected chi connectivity index (χ3v) is 7.61. The van der Waals surface area contributed by atoms with Crippen molar-refractivity contribution < 1.29 is 24.2 Å². The van der Waals surface area contributed by atoms with Gasteiger partial charge in [-0.3, -0.25) is 9.59 Å². The Kier molecular flexibility index (Phi) is 7.21. The van der Waals surface area contributed by atoms with E-state index in [1.165, 1.54) is 0 Å². The van der Waals surface area contributed by atoms with Crippen LogP contribution in [0.5, 0.6) is 5.75 Å². The van der Waals surface area contributed by atoms with E-state index in [-0.39, 0.29) is 30.0 Å². The highest BCUT2D eigenvalue weighted by Crippen LogP contribution is 2.39. The number of likely N-dealkylation sites (tertiary alicyclic amines) is 1. The summed E-state index contributed by atoms with van der Waals surface area (Å²) in [6, 6.07) is 8.95. The average Bonchev–Trinajstić information content (AvgIpc) is 2.93. The number of ether oxygens (including phenoxy) is 2. The average molecular weight is 510 g/mol. The normalized spacial score (nSPS) is 21.1. The maximum absolute atomic E-state index is 13.0. The highest BCUT2D eigenvalue weighted by atomic mass is 16.5. The van der Waals surface area contributed by atoms with Crippen molar-refractivity contribution in [2.75, 3.05) is 55.6 Å². The second kappa shape index (κ2) is 10.5. The quantitative estimate of drug-likeness (QED) is 0.634. The van der Waals surface area contributed by atoms with Crippen LogP contribution in [0.25, 0.3) is 0 Å². The summed E-state index contributed by atoms with van der Waals surface area (Å²) in [7, 11) is 3.36. The summed E-state index contributed by atoms with van der Waals surface area (Å²) >= 11 is 0. The van der Waals surface area contributed by atoms with Crippen molar-refractivity contribution in [3.63, 3.8) is 0 Å². The number of benzene rings is 1. The summed E-state index contributed by atoms with van der Waals surface area (Å²) in [5.41, 5.74) is 2.00. The molecule has 3 aliphatic heterocycles. The number of piperidine rings is 1. The van der Waals surface area contributed by atoms with Crippen molar-refractivity contribution in [1.29, 1.82) is 0 Å². The molecular formula is C27H35N5O5. The van der Waals surface area contributed by atoms with E-state index < -0.39 is 0 Å². The molecule has 198 valence electrons. The highest BCUT2D eigenvalue weighted by molar-refractivity contribution is 6.04. The van der Waals surface area contributed by atoms with Crippen molar-refractivity contribution in [2.45, 2.75) is 50.8 Å². The molecule has 0 saturated carbocycles. The van der Waals surface area contributed by atoms with Crippen LogP contribution in [0.4, 0.5) is 23.0 Å². The zero-order valence-electron chi connectivity index (χ0n) is 21.6. The van der Waals surface area contributed by atoms with Crippen LogP contribution < -0.4 is 19.9 Å². The Morgan fingerprint density at radius 1 is 1.14 bits per heavy atom. The number of nitrogens with one attached hydrogen (secondary N) is 1. The lowest BCUT2D eigenvalue weighted by Gasteiger charge is -2.44. The Balaban J connectivity index is 1.41. The van der Waals surface area contributed by atoms with Gasteiger partial charge in [0.05, 0.1) is 24.6 Å². The predicted molar refractivity (Wildman–Crippen MR) is 141 cm³/mol. The Morgan fingerprint density at radius 3 is 2.57 bits per heavy atom.